The number of rotatable bonds is 4. The lowest BCUT2D eigenvalue weighted by atomic mass is 9.63. The lowest BCUT2D eigenvalue weighted by Gasteiger charge is -2.37. The summed E-state index contributed by atoms with van der Waals surface area (Å²) in [5.41, 5.74) is 0.901. The van der Waals surface area contributed by atoms with E-state index < -0.39 is 5.97 Å². The van der Waals surface area contributed by atoms with Gasteiger partial charge in [-0.15, -0.1) is 0 Å². The molecule has 6 nitrogen and oxygen atoms in total. The van der Waals surface area contributed by atoms with Gasteiger partial charge < -0.3 is 9.47 Å². The molecule has 5 aliphatic rings. The molecule has 156 valence electrons. The standard InChI is InChI=1S/C25H21NO5/c1-30-16-4-2-3-13(11-16)25(29)31-15-7-5-14(6-8-15)26-23(27)21-17-9-10-18(20-12-19(17)20)22(21)24(26)28/h2-11,17-22H,12H2,1H3/t17-,18-,19-,20-,21+,22+/m1/s1. The Kier molecular flexibility index (Phi) is 3.88. The molecule has 1 heterocycles. The first kappa shape index (κ1) is 18.4. The van der Waals surface area contributed by atoms with E-state index in [1.54, 1.807) is 48.5 Å². The third-order valence-corrected chi connectivity index (χ3v) is 7.27. The van der Waals surface area contributed by atoms with Gasteiger partial charge in [0.1, 0.15) is 11.5 Å². The molecule has 6 atom stereocenters. The van der Waals surface area contributed by atoms with Crippen LogP contribution in [0.25, 0.3) is 0 Å². The number of benzene rings is 2. The minimum atomic E-state index is -0.507. The second-order valence-electron chi connectivity index (χ2n) is 8.78. The van der Waals surface area contributed by atoms with Gasteiger partial charge in [-0.1, -0.05) is 18.2 Å². The van der Waals surface area contributed by atoms with Crippen LogP contribution in [-0.4, -0.2) is 24.9 Å². The van der Waals surface area contributed by atoms with Crippen molar-refractivity contribution >= 4 is 23.5 Å². The maximum Gasteiger partial charge on any atom is 0.343 e. The van der Waals surface area contributed by atoms with E-state index in [4.69, 9.17) is 9.47 Å². The molecule has 2 saturated carbocycles. The minimum Gasteiger partial charge on any atom is -0.497 e. The molecule has 4 aliphatic carbocycles. The lowest BCUT2D eigenvalue weighted by molar-refractivity contribution is -0.124. The average molecular weight is 415 g/mol. The normalized spacial score (nSPS) is 32.0. The van der Waals surface area contributed by atoms with E-state index in [-0.39, 0.29) is 35.5 Å². The highest BCUT2D eigenvalue weighted by molar-refractivity contribution is 6.22. The van der Waals surface area contributed by atoms with Crippen molar-refractivity contribution in [1.29, 1.82) is 0 Å². The van der Waals surface area contributed by atoms with E-state index in [2.05, 4.69) is 12.2 Å². The SMILES string of the molecule is COc1cccc(C(=O)Oc2ccc(N3C(=O)[C@H]4[C@@H]5C=C[C@H]([C@H]6C[C@H]56)[C@@H]4C3=O)cc2)c1. The van der Waals surface area contributed by atoms with Crippen molar-refractivity contribution in [1.82, 2.24) is 0 Å². The van der Waals surface area contributed by atoms with Gasteiger partial charge in [0.15, 0.2) is 0 Å². The smallest absolute Gasteiger partial charge is 0.343 e. The summed E-state index contributed by atoms with van der Waals surface area (Å²) in [5, 5.41) is 0. The van der Waals surface area contributed by atoms with Crippen molar-refractivity contribution in [3.63, 3.8) is 0 Å². The van der Waals surface area contributed by atoms with Gasteiger partial charge in [0.25, 0.3) is 0 Å². The number of nitrogens with zero attached hydrogens (tertiary/aromatic N) is 1. The largest absolute Gasteiger partial charge is 0.497 e. The molecule has 1 saturated heterocycles. The summed E-state index contributed by atoms with van der Waals surface area (Å²) in [5.74, 6) is 1.31. The summed E-state index contributed by atoms with van der Waals surface area (Å²) >= 11 is 0. The van der Waals surface area contributed by atoms with Crippen LogP contribution in [0.2, 0.25) is 0 Å². The fourth-order valence-electron chi connectivity index (χ4n) is 5.79. The molecule has 0 radical (unpaired) electrons. The Bertz CT molecular complexity index is 1100. The molecule has 31 heavy (non-hydrogen) atoms. The third-order valence-electron chi connectivity index (χ3n) is 7.27. The van der Waals surface area contributed by atoms with E-state index in [1.165, 1.54) is 12.0 Å². The maximum atomic E-state index is 13.2. The quantitative estimate of drug-likeness (QED) is 0.331. The lowest BCUT2D eigenvalue weighted by Crippen LogP contribution is -2.40. The van der Waals surface area contributed by atoms with Crippen molar-refractivity contribution in [2.24, 2.45) is 35.5 Å². The maximum absolute atomic E-state index is 13.2. The predicted molar refractivity (Wildman–Crippen MR) is 112 cm³/mol. The number of carbonyl (C=O) groups excluding carboxylic acids is 3. The third kappa shape index (κ3) is 2.67. The number of amides is 2. The van der Waals surface area contributed by atoms with Crippen LogP contribution in [0.15, 0.2) is 60.7 Å². The second kappa shape index (κ2) is 6.54. The zero-order valence-corrected chi connectivity index (χ0v) is 16.9. The Balaban J connectivity index is 1.21. The number of imide groups is 1. The number of carbonyl (C=O) groups is 3. The van der Waals surface area contributed by atoms with Crippen molar-refractivity contribution in [2.45, 2.75) is 6.42 Å². The highest BCUT2D eigenvalue weighted by Crippen LogP contribution is 2.65. The molecule has 0 N–H and O–H groups in total. The first-order chi connectivity index (χ1) is 15.1. The zero-order valence-electron chi connectivity index (χ0n) is 16.9. The topological polar surface area (TPSA) is 72.9 Å². The molecule has 2 aromatic carbocycles. The van der Waals surface area contributed by atoms with Gasteiger partial charge in [0, 0.05) is 0 Å². The van der Waals surface area contributed by atoms with Crippen LogP contribution in [0.1, 0.15) is 16.8 Å². The number of anilines is 1. The van der Waals surface area contributed by atoms with Crippen LogP contribution in [0.4, 0.5) is 5.69 Å². The molecule has 0 unspecified atom stereocenters. The van der Waals surface area contributed by atoms with Crippen molar-refractivity contribution < 1.29 is 23.9 Å². The summed E-state index contributed by atoms with van der Waals surface area (Å²) < 4.78 is 10.6. The minimum absolute atomic E-state index is 0.0965. The Hall–Kier alpha value is -3.41. The fraction of sp³-hybridized carbons (Fsp3) is 0.320. The van der Waals surface area contributed by atoms with Crippen LogP contribution >= 0.6 is 0 Å². The number of hydrogen-bond acceptors (Lipinski definition) is 5. The molecule has 0 aromatic heterocycles. The van der Waals surface area contributed by atoms with Gasteiger partial charge in [-0.2, -0.15) is 0 Å². The molecule has 0 spiro atoms. The molecule has 2 aromatic rings. The summed E-state index contributed by atoms with van der Waals surface area (Å²) in [6, 6.07) is 13.3. The number of ether oxygens (including phenoxy) is 2. The zero-order chi connectivity index (χ0) is 21.3. The van der Waals surface area contributed by atoms with Crippen LogP contribution in [0.3, 0.4) is 0 Å². The first-order valence-electron chi connectivity index (χ1n) is 10.6. The van der Waals surface area contributed by atoms with Gasteiger partial charge in [-0.25, -0.2) is 4.79 Å². The van der Waals surface area contributed by atoms with Crippen molar-refractivity contribution in [2.75, 3.05) is 12.0 Å². The summed E-state index contributed by atoms with van der Waals surface area (Å²) in [7, 11) is 1.53. The summed E-state index contributed by atoms with van der Waals surface area (Å²) in [4.78, 5) is 40.1. The van der Waals surface area contributed by atoms with Gasteiger partial charge in [0.05, 0.1) is 30.2 Å². The highest BCUT2D eigenvalue weighted by atomic mass is 16.5. The molecule has 6 heteroatoms. The van der Waals surface area contributed by atoms with Crippen LogP contribution in [-0.2, 0) is 9.59 Å². The number of hydrogen-bond donors (Lipinski definition) is 0. The first-order valence-corrected chi connectivity index (χ1v) is 10.6. The van der Waals surface area contributed by atoms with Gasteiger partial charge in [0.2, 0.25) is 11.8 Å². The monoisotopic (exact) mass is 415 g/mol. The van der Waals surface area contributed by atoms with Crippen LogP contribution < -0.4 is 14.4 Å². The molecule has 3 fully saturated rings. The number of esters is 1. The number of allylic oxidation sites excluding steroid dienone is 2. The van der Waals surface area contributed by atoms with E-state index in [0.717, 1.165) is 6.42 Å². The van der Waals surface area contributed by atoms with Crippen molar-refractivity contribution in [3.8, 4) is 11.5 Å². The predicted octanol–water partition coefficient (Wildman–Crippen LogP) is 3.47. The Morgan fingerprint density at radius 3 is 2.16 bits per heavy atom. The Morgan fingerprint density at radius 1 is 0.903 bits per heavy atom. The molecule has 2 bridgehead atoms. The van der Waals surface area contributed by atoms with E-state index in [9.17, 15) is 14.4 Å². The van der Waals surface area contributed by atoms with Gasteiger partial charge in [-0.3, -0.25) is 14.5 Å². The van der Waals surface area contributed by atoms with E-state index in [0.29, 0.717) is 34.6 Å². The molecule has 2 amide bonds. The molecule has 7 rings (SSSR count). The molecular weight excluding hydrogens is 394 g/mol. The number of methoxy groups -OCH3 is 1. The van der Waals surface area contributed by atoms with Gasteiger partial charge in [-0.05, 0) is 72.6 Å². The summed E-state index contributed by atoms with van der Waals surface area (Å²) in [6.45, 7) is 0. The Labute approximate surface area is 179 Å². The Morgan fingerprint density at radius 2 is 1.55 bits per heavy atom. The molecular formula is C25H21NO5. The molecule has 1 aliphatic heterocycles. The van der Waals surface area contributed by atoms with E-state index >= 15 is 0 Å². The highest BCUT2D eigenvalue weighted by Gasteiger charge is 2.67. The summed E-state index contributed by atoms with van der Waals surface area (Å²) in [6.07, 6.45) is 5.47. The van der Waals surface area contributed by atoms with Crippen LogP contribution in [0, 0.1) is 35.5 Å². The second-order valence-corrected chi connectivity index (χ2v) is 8.78. The van der Waals surface area contributed by atoms with Crippen LogP contribution in [0.5, 0.6) is 11.5 Å². The van der Waals surface area contributed by atoms with Gasteiger partial charge >= 0.3 is 5.97 Å². The fourth-order valence-corrected chi connectivity index (χ4v) is 5.79. The van der Waals surface area contributed by atoms with Crippen molar-refractivity contribution in [3.05, 3.63) is 66.2 Å². The average Bonchev–Trinajstić information content (AvgIpc) is 3.58. The van der Waals surface area contributed by atoms with E-state index in [1.807, 2.05) is 0 Å².